The summed E-state index contributed by atoms with van der Waals surface area (Å²) in [5, 5.41) is 9.19. The number of carboxylic acid groups (broad SMARTS) is 1. The first-order chi connectivity index (χ1) is 10.1. The molecule has 110 valence electrons. The molecule has 1 aromatic heterocycles. The summed E-state index contributed by atoms with van der Waals surface area (Å²) in [5.74, 6) is 0.280. The number of hydrogen-bond donors (Lipinski definition) is 1. The summed E-state index contributed by atoms with van der Waals surface area (Å²) in [4.78, 5) is 15.5. The topological polar surface area (TPSA) is 81.8 Å². The zero-order valence-electron chi connectivity index (χ0n) is 11.8. The molecule has 1 N–H and O–H groups in total. The zero-order valence-corrected chi connectivity index (χ0v) is 11.8. The number of ether oxygens (including phenoxy) is 2. The molecule has 0 amide bonds. The van der Waals surface area contributed by atoms with Gasteiger partial charge in [0, 0.05) is 5.56 Å². The second-order valence-electron chi connectivity index (χ2n) is 5.05. The summed E-state index contributed by atoms with van der Waals surface area (Å²) in [6, 6.07) is 5.29. The van der Waals surface area contributed by atoms with Crippen LogP contribution in [0.3, 0.4) is 0 Å². The summed E-state index contributed by atoms with van der Waals surface area (Å²) in [6.07, 6.45) is 0. The maximum Gasteiger partial charge on any atom is 0.373 e. The number of carboxylic acids is 1. The van der Waals surface area contributed by atoms with Gasteiger partial charge in [0.15, 0.2) is 11.5 Å². The van der Waals surface area contributed by atoms with Gasteiger partial charge in [-0.25, -0.2) is 9.78 Å². The minimum atomic E-state index is -1.12. The highest BCUT2D eigenvalue weighted by atomic mass is 16.6. The third-order valence-electron chi connectivity index (χ3n) is 3.18. The number of fused-ring (bicyclic) bond motifs is 1. The van der Waals surface area contributed by atoms with Crippen molar-refractivity contribution in [2.75, 3.05) is 13.2 Å². The highest BCUT2D eigenvalue weighted by Crippen LogP contribution is 2.35. The number of aromatic carboxylic acids is 1. The van der Waals surface area contributed by atoms with Gasteiger partial charge in [-0.1, -0.05) is 13.8 Å². The van der Waals surface area contributed by atoms with Crippen LogP contribution in [-0.2, 0) is 0 Å². The molecule has 2 heterocycles. The van der Waals surface area contributed by atoms with Gasteiger partial charge in [0.25, 0.3) is 0 Å². The Balaban J connectivity index is 2.04. The van der Waals surface area contributed by atoms with E-state index in [0.717, 1.165) is 0 Å². The molecule has 0 saturated heterocycles. The predicted molar refractivity (Wildman–Crippen MR) is 74.0 cm³/mol. The van der Waals surface area contributed by atoms with Gasteiger partial charge in [0.1, 0.15) is 13.2 Å². The normalized spacial score (nSPS) is 13.5. The summed E-state index contributed by atoms with van der Waals surface area (Å²) in [7, 11) is 0. The van der Waals surface area contributed by atoms with Crippen LogP contribution in [0.25, 0.3) is 11.5 Å². The van der Waals surface area contributed by atoms with Gasteiger partial charge in [-0.3, -0.25) is 0 Å². The first kappa shape index (κ1) is 13.5. The van der Waals surface area contributed by atoms with E-state index >= 15 is 0 Å². The third kappa shape index (κ3) is 2.44. The monoisotopic (exact) mass is 289 g/mol. The Morgan fingerprint density at radius 2 is 1.95 bits per heavy atom. The zero-order chi connectivity index (χ0) is 15.0. The Morgan fingerprint density at radius 1 is 1.24 bits per heavy atom. The van der Waals surface area contributed by atoms with E-state index in [0.29, 0.717) is 36.0 Å². The molecule has 0 atom stereocenters. The van der Waals surface area contributed by atoms with Gasteiger partial charge in [-0.2, -0.15) is 0 Å². The molecular formula is C15H15NO5. The maximum absolute atomic E-state index is 11.2. The lowest BCUT2D eigenvalue weighted by Crippen LogP contribution is -2.15. The van der Waals surface area contributed by atoms with Crippen LogP contribution < -0.4 is 9.47 Å². The van der Waals surface area contributed by atoms with Crippen molar-refractivity contribution in [3.63, 3.8) is 0 Å². The van der Waals surface area contributed by atoms with Crippen molar-refractivity contribution in [1.29, 1.82) is 0 Å². The minimum absolute atomic E-state index is 0.0363. The fourth-order valence-electron chi connectivity index (χ4n) is 2.18. The van der Waals surface area contributed by atoms with Crippen LogP contribution in [0.4, 0.5) is 0 Å². The van der Waals surface area contributed by atoms with E-state index < -0.39 is 5.97 Å². The van der Waals surface area contributed by atoms with E-state index in [2.05, 4.69) is 4.98 Å². The minimum Gasteiger partial charge on any atom is -0.486 e. The van der Waals surface area contributed by atoms with E-state index in [9.17, 15) is 9.90 Å². The summed E-state index contributed by atoms with van der Waals surface area (Å²) in [5.41, 5.74) is 1.10. The van der Waals surface area contributed by atoms with E-state index in [1.54, 1.807) is 18.2 Å². The molecule has 21 heavy (non-hydrogen) atoms. The number of aromatic nitrogens is 1. The van der Waals surface area contributed by atoms with Crippen molar-refractivity contribution >= 4 is 5.97 Å². The summed E-state index contributed by atoms with van der Waals surface area (Å²) >= 11 is 0. The lowest BCUT2D eigenvalue weighted by Gasteiger charge is -2.18. The molecule has 0 bridgehead atoms. The van der Waals surface area contributed by atoms with Crippen LogP contribution in [-0.4, -0.2) is 29.3 Å². The average molecular weight is 289 g/mol. The largest absolute Gasteiger partial charge is 0.486 e. The van der Waals surface area contributed by atoms with Crippen LogP contribution in [0.15, 0.2) is 22.6 Å². The lowest BCUT2D eigenvalue weighted by atomic mass is 10.1. The average Bonchev–Trinajstić information content (AvgIpc) is 2.92. The molecule has 3 rings (SSSR count). The van der Waals surface area contributed by atoms with Crippen molar-refractivity contribution in [3.8, 4) is 23.0 Å². The number of carbonyl (C=O) groups is 1. The van der Waals surface area contributed by atoms with E-state index in [-0.39, 0.29) is 17.6 Å². The molecule has 0 unspecified atom stereocenters. The SMILES string of the molecule is CC(C)c1nc(-c2ccc3c(c2)OCCO3)oc1C(=O)O. The third-order valence-corrected chi connectivity index (χ3v) is 3.18. The maximum atomic E-state index is 11.2. The first-order valence-electron chi connectivity index (χ1n) is 6.70. The highest BCUT2D eigenvalue weighted by Gasteiger charge is 2.23. The van der Waals surface area contributed by atoms with E-state index in [4.69, 9.17) is 13.9 Å². The van der Waals surface area contributed by atoms with Gasteiger partial charge in [-0.05, 0) is 24.1 Å². The molecule has 0 saturated carbocycles. The molecule has 6 nitrogen and oxygen atoms in total. The number of benzene rings is 1. The second-order valence-corrected chi connectivity index (χ2v) is 5.05. The van der Waals surface area contributed by atoms with Gasteiger partial charge < -0.3 is 19.0 Å². The van der Waals surface area contributed by atoms with Gasteiger partial charge in [0.2, 0.25) is 11.7 Å². The van der Waals surface area contributed by atoms with Crippen LogP contribution in [0.2, 0.25) is 0 Å². The molecule has 6 heteroatoms. The Labute approximate surface area is 121 Å². The summed E-state index contributed by atoms with van der Waals surface area (Å²) in [6.45, 7) is 4.75. The van der Waals surface area contributed by atoms with Crippen molar-refractivity contribution in [2.45, 2.75) is 19.8 Å². The van der Waals surface area contributed by atoms with Crippen LogP contribution in [0.1, 0.15) is 36.0 Å². The van der Waals surface area contributed by atoms with Crippen molar-refractivity contribution in [3.05, 3.63) is 29.7 Å². The quantitative estimate of drug-likeness (QED) is 0.935. The number of hydrogen-bond acceptors (Lipinski definition) is 5. The molecule has 0 spiro atoms. The van der Waals surface area contributed by atoms with Gasteiger partial charge in [-0.15, -0.1) is 0 Å². The standard InChI is InChI=1S/C15H15NO5/c1-8(2)12-13(15(17)18)21-14(16-12)9-3-4-10-11(7-9)20-6-5-19-10/h3-4,7-8H,5-6H2,1-2H3,(H,17,18). The number of oxazole rings is 1. The van der Waals surface area contributed by atoms with Crippen LogP contribution in [0, 0.1) is 0 Å². The first-order valence-corrected chi connectivity index (χ1v) is 6.70. The molecule has 1 aliphatic rings. The van der Waals surface area contributed by atoms with Crippen LogP contribution in [0.5, 0.6) is 11.5 Å². The molecule has 1 aliphatic heterocycles. The van der Waals surface area contributed by atoms with E-state index in [1.165, 1.54) is 0 Å². The Bertz CT molecular complexity index is 689. The molecule has 1 aromatic carbocycles. The molecule has 0 aliphatic carbocycles. The van der Waals surface area contributed by atoms with E-state index in [1.807, 2.05) is 13.8 Å². The lowest BCUT2D eigenvalue weighted by molar-refractivity contribution is 0.0661. The van der Waals surface area contributed by atoms with Crippen LogP contribution >= 0.6 is 0 Å². The Kier molecular flexibility index (Phi) is 3.29. The predicted octanol–water partition coefficient (Wildman–Crippen LogP) is 2.93. The molecule has 2 aromatic rings. The highest BCUT2D eigenvalue weighted by molar-refractivity contribution is 5.86. The Morgan fingerprint density at radius 3 is 2.57 bits per heavy atom. The van der Waals surface area contributed by atoms with Crippen molar-refractivity contribution in [1.82, 2.24) is 4.98 Å². The summed E-state index contributed by atoms with van der Waals surface area (Å²) < 4.78 is 16.4. The van der Waals surface area contributed by atoms with Gasteiger partial charge in [0.05, 0.1) is 5.69 Å². The number of nitrogens with zero attached hydrogens (tertiary/aromatic N) is 1. The molecular weight excluding hydrogens is 274 g/mol. The van der Waals surface area contributed by atoms with Gasteiger partial charge >= 0.3 is 5.97 Å². The second kappa shape index (κ2) is 5.12. The smallest absolute Gasteiger partial charge is 0.373 e. The van der Waals surface area contributed by atoms with Crippen molar-refractivity contribution in [2.24, 2.45) is 0 Å². The fourth-order valence-corrected chi connectivity index (χ4v) is 2.18. The van der Waals surface area contributed by atoms with Crippen molar-refractivity contribution < 1.29 is 23.8 Å². The fraction of sp³-hybridized carbons (Fsp3) is 0.333. The number of rotatable bonds is 3. The Hall–Kier alpha value is -2.50. The molecule has 0 radical (unpaired) electrons. The molecule has 0 fully saturated rings.